The van der Waals surface area contributed by atoms with Crippen molar-refractivity contribution >= 4 is 0 Å². The second-order valence-corrected chi connectivity index (χ2v) is 5.39. The summed E-state index contributed by atoms with van der Waals surface area (Å²) >= 11 is 0. The van der Waals surface area contributed by atoms with Crippen LogP contribution in [0.1, 0.15) is 90.4 Å². The highest BCUT2D eigenvalue weighted by atomic mass is 14.5. The Morgan fingerprint density at radius 3 is 1.39 bits per heavy atom. The van der Waals surface area contributed by atoms with Crippen LogP contribution in [0.3, 0.4) is 0 Å². The smallest absolute Gasteiger partial charge is 0.00773 e. The van der Waals surface area contributed by atoms with Gasteiger partial charge in [0.05, 0.1) is 0 Å². The summed E-state index contributed by atoms with van der Waals surface area (Å²) in [5, 5.41) is 0. The molecular weight excluding hydrogens is 218 g/mol. The van der Waals surface area contributed by atoms with Crippen molar-refractivity contribution in [1.82, 2.24) is 0 Å². The van der Waals surface area contributed by atoms with Gasteiger partial charge in [-0.1, -0.05) is 76.4 Å². The van der Waals surface area contributed by atoms with E-state index in [4.69, 9.17) is 5.73 Å². The van der Waals surface area contributed by atoms with Gasteiger partial charge in [-0.3, -0.25) is 0 Å². The van der Waals surface area contributed by atoms with Gasteiger partial charge in [0.15, 0.2) is 0 Å². The summed E-state index contributed by atoms with van der Waals surface area (Å²) in [4.78, 5) is 0. The maximum Gasteiger partial charge on any atom is -0.00773 e. The van der Waals surface area contributed by atoms with Crippen LogP contribution in [0.15, 0.2) is 12.2 Å². The molecule has 0 aliphatic rings. The summed E-state index contributed by atoms with van der Waals surface area (Å²) in [6.45, 7) is 2.98. The Morgan fingerprint density at radius 2 is 1.00 bits per heavy atom. The lowest BCUT2D eigenvalue weighted by Gasteiger charge is -2.02. The van der Waals surface area contributed by atoms with Crippen LogP contribution in [0.4, 0.5) is 0 Å². The van der Waals surface area contributed by atoms with Crippen molar-refractivity contribution in [1.29, 1.82) is 0 Å². The summed E-state index contributed by atoms with van der Waals surface area (Å²) in [5.41, 5.74) is 5.47. The lowest BCUT2D eigenvalue weighted by atomic mass is 10.0. The average molecular weight is 253 g/mol. The summed E-state index contributed by atoms with van der Waals surface area (Å²) in [6, 6.07) is 0. The topological polar surface area (TPSA) is 26.0 Å². The van der Waals surface area contributed by atoms with Crippen molar-refractivity contribution < 1.29 is 0 Å². The highest BCUT2D eigenvalue weighted by molar-refractivity contribution is 4.76. The zero-order valence-electron chi connectivity index (χ0n) is 12.6. The first-order valence-electron chi connectivity index (χ1n) is 8.23. The summed E-state index contributed by atoms with van der Waals surface area (Å²) in [7, 11) is 0. The number of allylic oxidation sites excluding steroid dienone is 2. The molecule has 0 aromatic heterocycles. The number of nitrogens with two attached hydrogens (primary N) is 1. The molecule has 0 aromatic carbocycles. The van der Waals surface area contributed by atoms with Crippen molar-refractivity contribution in [3.8, 4) is 0 Å². The monoisotopic (exact) mass is 253 g/mol. The fraction of sp³-hybridized carbons (Fsp3) is 0.882. The van der Waals surface area contributed by atoms with Crippen molar-refractivity contribution in [2.24, 2.45) is 5.73 Å². The maximum absolute atomic E-state index is 5.47. The molecule has 18 heavy (non-hydrogen) atoms. The standard InChI is InChI=1S/C17H35N/c1-2-3-4-5-6-7-8-9-10-11-12-13-14-15-16-17-18/h2-3H,4-18H2,1H3/b3-2+. The molecule has 0 heterocycles. The van der Waals surface area contributed by atoms with Crippen LogP contribution in [0.5, 0.6) is 0 Å². The average Bonchev–Trinajstić information content (AvgIpc) is 2.39. The molecule has 0 saturated carbocycles. The van der Waals surface area contributed by atoms with Gasteiger partial charge >= 0.3 is 0 Å². The Bertz CT molecular complexity index is 163. The third kappa shape index (κ3) is 15.7. The first-order chi connectivity index (χ1) is 8.91. The van der Waals surface area contributed by atoms with Gasteiger partial charge in [0, 0.05) is 0 Å². The van der Waals surface area contributed by atoms with Crippen molar-refractivity contribution in [3.05, 3.63) is 12.2 Å². The Kier molecular flexibility index (Phi) is 16.4. The second kappa shape index (κ2) is 16.7. The van der Waals surface area contributed by atoms with Gasteiger partial charge in [-0.25, -0.2) is 0 Å². The maximum atomic E-state index is 5.47. The number of unbranched alkanes of at least 4 members (excludes halogenated alkanes) is 12. The molecule has 0 radical (unpaired) electrons. The largest absolute Gasteiger partial charge is 0.330 e. The van der Waals surface area contributed by atoms with Gasteiger partial charge in [-0.05, 0) is 32.7 Å². The fourth-order valence-corrected chi connectivity index (χ4v) is 2.34. The Labute approximate surface area is 115 Å². The SMILES string of the molecule is C/C=C/CCCCCCCCCCCCCCN. The lowest BCUT2D eigenvalue weighted by Crippen LogP contribution is -1.97. The van der Waals surface area contributed by atoms with E-state index in [9.17, 15) is 0 Å². The number of hydrogen-bond donors (Lipinski definition) is 1. The molecule has 0 aromatic rings. The van der Waals surface area contributed by atoms with E-state index in [0.717, 1.165) is 6.54 Å². The van der Waals surface area contributed by atoms with Gasteiger partial charge in [0.2, 0.25) is 0 Å². The zero-order valence-corrected chi connectivity index (χ0v) is 12.6. The van der Waals surface area contributed by atoms with Gasteiger partial charge in [-0.15, -0.1) is 0 Å². The minimum Gasteiger partial charge on any atom is -0.330 e. The molecule has 0 rings (SSSR count). The molecule has 1 heteroatoms. The minimum absolute atomic E-state index is 0.869. The summed E-state index contributed by atoms with van der Waals surface area (Å²) in [6.07, 6.45) is 22.6. The molecule has 0 aliphatic heterocycles. The van der Waals surface area contributed by atoms with Gasteiger partial charge in [-0.2, -0.15) is 0 Å². The molecule has 0 amide bonds. The van der Waals surface area contributed by atoms with E-state index >= 15 is 0 Å². The van der Waals surface area contributed by atoms with Gasteiger partial charge in [0.25, 0.3) is 0 Å². The van der Waals surface area contributed by atoms with Crippen LogP contribution < -0.4 is 5.73 Å². The van der Waals surface area contributed by atoms with Gasteiger partial charge in [0.1, 0.15) is 0 Å². The molecule has 2 N–H and O–H groups in total. The van der Waals surface area contributed by atoms with E-state index in [1.54, 1.807) is 0 Å². The van der Waals surface area contributed by atoms with E-state index < -0.39 is 0 Å². The molecule has 108 valence electrons. The zero-order chi connectivity index (χ0) is 13.3. The van der Waals surface area contributed by atoms with Crippen molar-refractivity contribution in [2.45, 2.75) is 90.4 Å². The lowest BCUT2D eigenvalue weighted by molar-refractivity contribution is 0.542. The van der Waals surface area contributed by atoms with Crippen molar-refractivity contribution in [2.75, 3.05) is 6.54 Å². The van der Waals surface area contributed by atoms with E-state index in [0.29, 0.717) is 0 Å². The Balaban J connectivity index is 2.90. The molecule has 0 saturated heterocycles. The summed E-state index contributed by atoms with van der Waals surface area (Å²) < 4.78 is 0. The van der Waals surface area contributed by atoms with Gasteiger partial charge < -0.3 is 5.73 Å². The van der Waals surface area contributed by atoms with E-state index in [1.807, 2.05) is 0 Å². The first kappa shape index (κ1) is 17.7. The molecular formula is C17H35N. The van der Waals surface area contributed by atoms with Crippen LogP contribution >= 0.6 is 0 Å². The fourth-order valence-electron chi connectivity index (χ4n) is 2.34. The molecule has 0 unspecified atom stereocenters. The predicted molar refractivity (Wildman–Crippen MR) is 83.9 cm³/mol. The van der Waals surface area contributed by atoms with Crippen LogP contribution in [-0.4, -0.2) is 6.54 Å². The minimum atomic E-state index is 0.869. The van der Waals surface area contributed by atoms with E-state index in [2.05, 4.69) is 19.1 Å². The molecule has 0 atom stereocenters. The van der Waals surface area contributed by atoms with E-state index in [-0.39, 0.29) is 0 Å². The van der Waals surface area contributed by atoms with E-state index in [1.165, 1.54) is 83.5 Å². The quantitative estimate of drug-likeness (QED) is 0.317. The first-order valence-corrected chi connectivity index (χ1v) is 8.23. The third-order valence-corrected chi connectivity index (χ3v) is 3.56. The molecule has 0 bridgehead atoms. The van der Waals surface area contributed by atoms with Crippen molar-refractivity contribution in [3.63, 3.8) is 0 Å². The molecule has 0 aliphatic carbocycles. The highest BCUT2D eigenvalue weighted by Gasteiger charge is 1.93. The molecule has 0 spiro atoms. The molecule has 0 fully saturated rings. The predicted octanol–water partition coefficient (Wildman–Crippen LogP) is 5.59. The molecule has 1 nitrogen and oxygen atoms in total. The third-order valence-electron chi connectivity index (χ3n) is 3.56. The van der Waals surface area contributed by atoms with Crippen LogP contribution in [0.25, 0.3) is 0 Å². The number of rotatable bonds is 14. The Morgan fingerprint density at radius 1 is 0.611 bits per heavy atom. The highest BCUT2D eigenvalue weighted by Crippen LogP contribution is 2.12. The normalized spacial score (nSPS) is 11.4. The van der Waals surface area contributed by atoms with Crippen LogP contribution in [-0.2, 0) is 0 Å². The second-order valence-electron chi connectivity index (χ2n) is 5.39. The summed E-state index contributed by atoms with van der Waals surface area (Å²) in [5.74, 6) is 0. The number of hydrogen-bond acceptors (Lipinski definition) is 1. The Hall–Kier alpha value is -0.300. The van der Waals surface area contributed by atoms with Crippen LogP contribution in [0, 0.1) is 0 Å². The van der Waals surface area contributed by atoms with Crippen LogP contribution in [0.2, 0.25) is 0 Å².